The van der Waals surface area contributed by atoms with Crippen LogP contribution in [-0.2, 0) is 0 Å². The Balaban J connectivity index is 1.53. The number of anilines is 3. The molecule has 0 spiro atoms. The molecule has 0 fully saturated rings. The van der Waals surface area contributed by atoms with Crippen molar-refractivity contribution < 1.29 is 13.6 Å². The molecule has 5 aromatic rings. The summed E-state index contributed by atoms with van der Waals surface area (Å²) in [4.78, 5) is 30.1. The number of imidazole rings is 1. The van der Waals surface area contributed by atoms with Crippen LogP contribution in [-0.4, -0.2) is 30.2 Å². The largest absolute Gasteiger partial charge is 0.335 e. The normalized spacial score (nSPS) is 11.4. The highest BCUT2D eigenvalue weighted by Crippen LogP contribution is 2.36. The minimum Gasteiger partial charge on any atom is -0.335 e. The number of carbonyl (C=O) groups excluding carboxylic acids is 1. The van der Waals surface area contributed by atoms with E-state index in [2.05, 4.69) is 52.6 Å². The summed E-state index contributed by atoms with van der Waals surface area (Å²) in [6.45, 7) is 0. The van der Waals surface area contributed by atoms with Crippen LogP contribution in [0.5, 0.6) is 0 Å². The number of hydrogen-bond acceptors (Lipinski definition) is 7. The fourth-order valence-electron chi connectivity index (χ4n) is 3.26. The van der Waals surface area contributed by atoms with Crippen LogP contribution in [0.4, 0.5) is 26.0 Å². The predicted octanol–water partition coefficient (Wildman–Crippen LogP) is 6.02. The quantitative estimate of drug-likeness (QED) is 0.181. The molecule has 0 saturated heterocycles. The average Bonchev–Trinajstić information content (AvgIpc) is 3.54. The van der Waals surface area contributed by atoms with E-state index in [0.717, 1.165) is 6.07 Å². The molecule has 13 heteroatoms. The molecular formula is C21H13F2IN7OPS. The maximum atomic E-state index is 15.3. The minimum absolute atomic E-state index is 0.161. The van der Waals surface area contributed by atoms with Crippen molar-refractivity contribution >= 4 is 74.0 Å². The molecule has 1 amide bonds. The van der Waals surface area contributed by atoms with Gasteiger partial charge < -0.3 is 10.6 Å². The predicted molar refractivity (Wildman–Crippen MR) is 138 cm³/mol. The number of nitrogens with one attached hydrogen (secondary N) is 2. The van der Waals surface area contributed by atoms with E-state index in [1.165, 1.54) is 29.9 Å². The Morgan fingerprint density at radius 1 is 1.09 bits per heavy atom. The maximum Gasteiger partial charge on any atom is 0.265 e. The summed E-state index contributed by atoms with van der Waals surface area (Å²) in [6, 6.07) is 8.99. The average molecular weight is 607 g/mol. The first-order valence-electron chi connectivity index (χ1n) is 9.66. The van der Waals surface area contributed by atoms with Crippen LogP contribution in [0.25, 0.3) is 22.4 Å². The zero-order valence-electron chi connectivity index (χ0n) is 17.0. The number of fused-ring (bicyclic) bond motifs is 1. The van der Waals surface area contributed by atoms with E-state index in [1.54, 1.807) is 36.0 Å². The van der Waals surface area contributed by atoms with Crippen LogP contribution >= 0.6 is 39.8 Å². The van der Waals surface area contributed by atoms with Crippen molar-refractivity contribution in [3.63, 3.8) is 0 Å². The molecule has 8 nitrogen and oxygen atoms in total. The fraction of sp³-hybridized carbons (Fsp3) is 0. The van der Waals surface area contributed by atoms with Crippen molar-refractivity contribution in [1.29, 1.82) is 0 Å². The van der Waals surface area contributed by atoms with Gasteiger partial charge in [-0.1, -0.05) is 6.07 Å². The molecule has 0 radical (unpaired) electrons. The first-order valence-corrected chi connectivity index (χ1v) is 14.6. The van der Waals surface area contributed by atoms with E-state index in [4.69, 9.17) is 0 Å². The number of nitrogens with zero attached hydrogens (tertiary/aromatic N) is 5. The lowest BCUT2D eigenvalue weighted by Gasteiger charge is -2.14. The van der Waals surface area contributed by atoms with Crippen LogP contribution in [0.3, 0.4) is 0 Å². The van der Waals surface area contributed by atoms with Crippen LogP contribution < -0.4 is 10.6 Å². The number of amides is 1. The molecular weight excluding hydrogens is 594 g/mol. The summed E-state index contributed by atoms with van der Waals surface area (Å²) in [5.74, 6) is -2.11. The van der Waals surface area contributed by atoms with Gasteiger partial charge in [0, 0.05) is 11.8 Å². The summed E-state index contributed by atoms with van der Waals surface area (Å²) < 4.78 is 31.8. The molecule has 2 N–H and O–H groups in total. The smallest absolute Gasteiger partial charge is 0.265 e. The lowest BCUT2D eigenvalue weighted by Crippen LogP contribution is -2.13. The summed E-state index contributed by atoms with van der Waals surface area (Å²) in [6.07, 6.45) is 4.96. The minimum atomic E-state index is -0.954. The molecule has 1 atom stereocenters. The van der Waals surface area contributed by atoms with Gasteiger partial charge in [0.05, 0.1) is 16.9 Å². The molecule has 34 heavy (non-hydrogen) atoms. The number of benzene rings is 1. The maximum absolute atomic E-state index is 15.3. The van der Waals surface area contributed by atoms with Crippen LogP contribution in [0, 0.1) is 11.6 Å². The van der Waals surface area contributed by atoms with Gasteiger partial charge in [0.1, 0.15) is 41.2 Å². The SMILES string of the molecule is O=C(Nc1ccc(F)c(Nc2ncccc2-c2ncnc3c2ncn3PI)c1F)c1cccs1. The summed E-state index contributed by atoms with van der Waals surface area (Å²) in [7, 11) is 0. The van der Waals surface area contributed by atoms with Crippen LogP contribution in [0.2, 0.25) is 0 Å². The van der Waals surface area contributed by atoms with Gasteiger partial charge in [-0.2, -0.15) is 0 Å². The monoisotopic (exact) mass is 607 g/mol. The van der Waals surface area contributed by atoms with E-state index in [9.17, 15) is 9.18 Å². The highest BCUT2D eigenvalue weighted by atomic mass is 127. The molecule has 4 aromatic heterocycles. The highest BCUT2D eigenvalue weighted by Gasteiger charge is 2.20. The third kappa shape index (κ3) is 4.24. The second-order valence-electron chi connectivity index (χ2n) is 6.83. The van der Waals surface area contributed by atoms with Gasteiger partial charge in [-0.25, -0.2) is 28.7 Å². The van der Waals surface area contributed by atoms with E-state index in [-0.39, 0.29) is 11.5 Å². The molecule has 5 rings (SSSR count). The number of thiophene rings is 1. The first-order chi connectivity index (χ1) is 16.6. The van der Waals surface area contributed by atoms with Gasteiger partial charge in [-0.05, 0) is 57.8 Å². The molecule has 0 aliphatic carbocycles. The Kier molecular flexibility index (Phi) is 6.44. The molecule has 0 aliphatic heterocycles. The molecule has 0 aliphatic rings. The number of aromatic nitrogens is 5. The van der Waals surface area contributed by atoms with Gasteiger partial charge >= 0.3 is 0 Å². The summed E-state index contributed by atoms with van der Waals surface area (Å²) >= 11 is 3.44. The van der Waals surface area contributed by atoms with Crippen LogP contribution in [0.1, 0.15) is 9.67 Å². The van der Waals surface area contributed by atoms with Gasteiger partial charge in [0.15, 0.2) is 11.5 Å². The van der Waals surface area contributed by atoms with Crippen LogP contribution in [0.15, 0.2) is 60.6 Å². The lowest BCUT2D eigenvalue weighted by molar-refractivity contribution is 0.103. The molecule has 0 saturated carbocycles. The van der Waals surface area contributed by atoms with E-state index in [1.807, 2.05) is 4.34 Å². The zero-order valence-corrected chi connectivity index (χ0v) is 20.9. The topological polar surface area (TPSA) is 97.6 Å². The number of halogens is 3. The molecule has 4 heterocycles. The molecule has 1 unspecified atom stereocenters. The highest BCUT2D eigenvalue weighted by molar-refractivity contribution is 14.2. The fourth-order valence-corrected chi connectivity index (χ4v) is 5.29. The molecule has 1 aromatic carbocycles. The van der Waals surface area contributed by atoms with Crippen molar-refractivity contribution in [3.8, 4) is 11.3 Å². The lowest BCUT2D eigenvalue weighted by atomic mass is 10.1. The van der Waals surface area contributed by atoms with Crippen molar-refractivity contribution in [2.45, 2.75) is 0 Å². The Morgan fingerprint density at radius 3 is 2.76 bits per heavy atom. The third-order valence-corrected chi connectivity index (χ3v) is 7.75. The second-order valence-corrected chi connectivity index (χ2v) is 9.88. The van der Waals surface area contributed by atoms with Crippen molar-refractivity contribution in [2.75, 3.05) is 10.6 Å². The van der Waals surface area contributed by atoms with Crippen molar-refractivity contribution in [1.82, 2.24) is 24.3 Å². The van der Waals surface area contributed by atoms with Crippen molar-refractivity contribution in [2.24, 2.45) is 0 Å². The summed E-state index contributed by atoms with van der Waals surface area (Å²) in [5.41, 5.74) is 1.53. The Hall–Kier alpha value is -3.09. The number of hydrogen-bond donors (Lipinski definition) is 2. The number of carbonyl (C=O) groups is 1. The van der Waals surface area contributed by atoms with Gasteiger partial charge in [0.25, 0.3) is 5.91 Å². The third-order valence-electron chi connectivity index (χ3n) is 4.82. The van der Waals surface area contributed by atoms with Gasteiger partial charge in [-0.3, -0.25) is 9.13 Å². The molecule has 170 valence electrons. The number of rotatable bonds is 6. The van der Waals surface area contributed by atoms with Gasteiger partial charge in [-0.15, -0.1) is 11.3 Å². The molecule has 0 bridgehead atoms. The van der Waals surface area contributed by atoms with E-state index >= 15 is 4.39 Å². The second kappa shape index (κ2) is 9.65. The Bertz CT molecular complexity index is 1510. The zero-order chi connectivity index (χ0) is 23.7. The summed E-state index contributed by atoms with van der Waals surface area (Å²) in [5, 5.41) is 6.95. The van der Waals surface area contributed by atoms with E-state index in [0.29, 0.717) is 33.7 Å². The first kappa shape index (κ1) is 22.7. The Labute approximate surface area is 210 Å². The van der Waals surface area contributed by atoms with Crippen molar-refractivity contribution in [3.05, 3.63) is 77.1 Å². The standard InChI is InChI=1S/C21H13F2IN7OPS/c22-12-5-6-13(29-21(32)14-4-2-8-34-14)15(23)17(12)30-19-11(3-1-7-25-19)16-18-20(27-9-26-16)31(33-24)10-28-18/h1-10,33H,(H,25,30)(H,29,32). The van der Waals surface area contributed by atoms with E-state index < -0.39 is 23.2 Å². The Morgan fingerprint density at radius 2 is 1.97 bits per heavy atom. The number of pyridine rings is 1. The van der Waals surface area contributed by atoms with Gasteiger partial charge in [0.2, 0.25) is 0 Å².